The molecule has 0 aliphatic carbocycles. The van der Waals surface area contributed by atoms with Crippen molar-refractivity contribution in [2.75, 3.05) is 0 Å². The quantitative estimate of drug-likeness (QED) is 0.324. The number of carbonyl (C=O) groups excluding carboxylic acids is 4. The van der Waals surface area contributed by atoms with Gasteiger partial charge in [0.05, 0.1) is 5.92 Å². The highest BCUT2D eigenvalue weighted by atomic mass is 17.2. The van der Waals surface area contributed by atoms with Crippen LogP contribution in [0.2, 0.25) is 0 Å². The minimum Gasteiger partial charge on any atom is -0.445 e. The van der Waals surface area contributed by atoms with Crippen LogP contribution in [-0.2, 0) is 28.9 Å². The molecule has 2 atom stereocenters. The Labute approximate surface area is 165 Å². The predicted molar refractivity (Wildman–Crippen MR) is 99.3 cm³/mol. The fraction of sp³-hybridized carbons (Fsp3) is 0.684. The standard InChI is InChI=1S/C19H30N2O7/c1-6-8-9-14(7-2)17(24)27-28-19(4,5)12-13(3)26-18(25)20-21-15(22)10-11-16(21)23/h10-11,13-14H,6-9,12H2,1-5H3,(H,20,25). The number of ether oxygens (including phenoxy) is 1. The van der Waals surface area contributed by atoms with Gasteiger partial charge in [0, 0.05) is 18.6 Å². The molecule has 9 heteroatoms. The Balaban J connectivity index is 2.43. The summed E-state index contributed by atoms with van der Waals surface area (Å²) in [5, 5.41) is 0.555. The Morgan fingerprint density at radius 2 is 1.79 bits per heavy atom. The van der Waals surface area contributed by atoms with Crippen molar-refractivity contribution in [1.29, 1.82) is 0 Å². The molecule has 1 aliphatic rings. The molecule has 0 aromatic carbocycles. The molecule has 0 fully saturated rings. The van der Waals surface area contributed by atoms with E-state index in [1.165, 1.54) is 0 Å². The number of unbranched alkanes of at least 4 members (excludes halogenated alkanes) is 1. The first-order chi connectivity index (χ1) is 13.1. The summed E-state index contributed by atoms with van der Waals surface area (Å²) in [4.78, 5) is 57.1. The van der Waals surface area contributed by atoms with Gasteiger partial charge in [0.1, 0.15) is 11.7 Å². The summed E-state index contributed by atoms with van der Waals surface area (Å²) in [6.07, 6.45) is 4.09. The van der Waals surface area contributed by atoms with Crippen LogP contribution in [0.5, 0.6) is 0 Å². The zero-order chi connectivity index (χ0) is 21.3. The molecular formula is C19H30N2O7. The number of hydrogen-bond donors (Lipinski definition) is 1. The molecule has 1 aliphatic heterocycles. The van der Waals surface area contributed by atoms with Crippen LogP contribution in [0, 0.1) is 5.92 Å². The number of hydrogen-bond acceptors (Lipinski definition) is 7. The van der Waals surface area contributed by atoms with E-state index in [0.717, 1.165) is 31.4 Å². The lowest BCUT2D eigenvalue weighted by Gasteiger charge is -2.27. The molecule has 0 radical (unpaired) electrons. The van der Waals surface area contributed by atoms with Gasteiger partial charge in [0.2, 0.25) is 0 Å². The molecule has 1 N–H and O–H groups in total. The molecule has 0 aromatic heterocycles. The maximum atomic E-state index is 12.1. The lowest BCUT2D eigenvalue weighted by Crippen LogP contribution is -2.47. The number of carbonyl (C=O) groups is 4. The number of imide groups is 1. The molecule has 0 spiro atoms. The van der Waals surface area contributed by atoms with Crippen molar-refractivity contribution in [3.05, 3.63) is 12.2 Å². The Morgan fingerprint density at radius 3 is 2.32 bits per heavy atom. The Bertz CT molecular complexity index is 597. The summed E-state index contributed by atoms with van der Waals surface area (Å²) < 4.78 is 5.13. The van der Waals surface area contributed by atoms with Crippen molar-refractivity contribution < 1.29 is 33.7 Å². The van der Waals surface area contributed by atoms with Crippen molar-refractivity contribution in [1.82, 2.24) is 10.4 Å². The van der Waals surface area contributed by atoms with Gasteiger partial charge in [-0.1, -0.05) is 26.7 Å². The van der Waals surface area contributed by atoms with Crippen LogP contribution < -0.4 is 5.43 Å². The molecule has 158 valence electrons. The number of nitrogens with one attached hydrogen (secondary N) is 1. The maximum absolute atomic E-state index is 12.1. The highest BCUT2D eigenvalue weighted by molar-refractivity contribution is 6.13. The van der Waals surface area contributed by atoms with Crippen LogP contribution in [0.4, 0.5) is 4.79 Å². The largest absolute Gasteiger partial charge is 0.445 e. The van der Waals surface area contributed by atoms with Gasteiger partial charge < -0.3 is 4.74 Å². The topological polar surface area (TPSA) is 111 Å². The van der Waals surface area contributed by atoms with E-state index in [2.05, 4.69) is 12.3 Å². The fourth-order valence-corrected chi connectivity index (χ4v) is 2.74. The van der Waals surface area contributed by atoms with Crippen LogP contribution in [0.1, 0.15) is 66.7 Å². The summed E-state index contributed by atoms with van der Waals surface area (Å²) in [7, 11) is 0. The van der Waals surface area contributed by atoms with E-state index < -0.39 is 35.6 Å². The van der Waals surface area contributed by atoms with E-state index in [9.17, 15) is 19.2 Å². The molecule has 3 amide bonds. The molecule has 28 heavy (non-hydrogen) atoms. The van der Waals surface area contributed by atoms with Crippen LogP contribution in [0.3, 0.4) is 0 Å². The first kappa shape index (κ1) is 23.6. The SMILES string of the molecule is CCCCC(CC)C(=O)OOC(C)(C)CC(C)OC(=O)NN1C(=O)C=CC1=O. The van der Waals surface area contributed by atoms with E-state index in [4.69, 9.17) is 14.5 Å². The van der Waals surface area contributed by atoms with Gasteiger partial charge in [-0.15, -0.1) is 0 Å². The maximum Gasteiger partial charge on any atom is 0.426 e. The second-order valence-corrected chi connectivity index (χ2v) is 7.37. The Morgan fingerprint density at radius 1 is 1.18 bits per heavy atom. The highest BCUT2D eigenvalue weighted by Crippen LogP contribution is 2.21. The van der Waals surface area contributed by atoms with E-state index >= 15 is 0 Å². The summed E-state index contributed by atoms with van der Waals surface area (Å²) in [6, 6.07) is 0. The van der Waals surface area contributed by atoms with Gasteiger partial charge in [-0.25, -0.2) is 15.0 Å². The smallest absolute Gasteiger partial charge is 0.426 e. The van der Waals surface area contributed by atoms with Gasteiger partial charge in [-0.2, -0.15) is 9.90 Å². The molecule has 2 unspecified atom stereocenters. The minimum atomic E-state index is -0.948. The summed E-state index contributed by atoms with van der Waals surface area (Å²) in [6.45, 7) is 8.99. The molecule has 1 heterocycles. The molecule has 1 rings (SSSR count). The third kappa shape index (κ3) is 7.67. The lowest BCUT2D eigenvalue weighted by molar-refractivity contribution is -0.331. The van der Waals surface area contributed by atoms with E-state index in [1.54, 1.807) is 20.8 Å². The second-order valence-electron chi connectivity index (χ2n) is 7.37. The molecular weight excluding hydrogens is 368 g/mol. The summed E-state index contributed by atoms with van der Waals surface area (Å²) >= 11 is 0. The zero-order valence-corrected chi connectivity index (χ0v) is 17.1. The van der Waals surface area contributed by atoms with Crippen LogP contribution >= 0.6 is 0 Å². The van der Waals surface area contributed by atoms with E-state index in [1.807, 2.05) is 6.92 Å². The van der Waals surface area contributed by atoms with Gasteiger partial charge in [-0.3, -0.25) is 14.5 Å². The molecule has 9 nitrogen and oxygen atoms in total. The van der Waals surface area contributed by atoms with Crippen molar-refractivity contribution in [3.63, 3.8) is 0 Å². The van der Waals surface area contributed by atoms with E-state index in [-0.39, 0.29) is 12.3 Å². The van der Waals surface area contributed by atoms with Crippen LogP contribution in [0.15, 0.2) is 12.2 Å². The van der Waals surface area contributed by atoms with Gasteiger partial charge >= 0.3 is 12.1 Å². The average Bonchev–Trinajstić information content (AvgIpc) is 2.92. The Kier molecular flexibility index (Phi) is 9.11. The number of rotatable bonds is 11. The van der Waals surface area contributed by atoms with Crippen LogP contribution in [-0.4, -0.2) is 40.6 Å². The second kappa shape index (κ2) is 10.8. The van der Waals surface area contributed by atoms with Crippen molar-refractivity contribution in [2.45, 2.75) is 78.4 Å². The first-order valence-electron chi connectivity index (χ1n) is 9.52. The minimum absolute atomic E-state index is 0.209. The van der Waals surface area contributed by atoms with Gasteiger partial charge in [-0.05, 0) is 33.6 Å². The lowest BCUT2D eigenvalue weighted by atomic mass is 10.00. The van der Waals surface area contributed by atoms with Crippen molar-refractivity contribution in [2.24, 2.45) is 5.92 Å². The summed E-state index contributed by atoms with van der Waals surface area (Å²) in [5.41, 5.74) is 1.17. The molecule has 0 aromatic rings. The van der Waals surface area contributed by atoms with Crippen molar-refractivity contribution in [3.8, 4) is 0 Å². The van der Waals surface area contributed by atoms with Gasteiger partial charge in [0.25, 0.3) is 11.8 Å². The third-order valence-electron chi connectivity index (χ3n) is 4.18. The molecule has 0 saturated heterocycles. The summed E-state index contributed by atoms with van der Waals surface area (Å²) in [5.74, 6) is -1.93. The average molecular weight is 398 g/mol. The number of amides is 3. The Hall–Kier alpha value is -2.42. The van der Waals surface area contributed by atoms with E-state index in [0.29, 0.717) is 11.4 Å². The van der Waals surface area contributed by atoms with Gasteiger partial charge in [0.15, 0.2) is 0 Å². The number of nitrogens with zero attached hydrogens (tertiary/aromatic N) is 1. The highest BCUT2D eigenvalue weighted by Gasteiger charge is 2.30. The fourth-order valence-electron chi connectivity index (χ4n) is 2.74. The van der Waals surface area contributed by atoms with Crippen molar-refractivity contribution >= 4 is 23.9 Å². The monoisotopic (exact) mass is 398 g/mol. The van der Waals surface area contributed by atoms with Crippen LogP contribution in [0.25, 0.3) is 0 Å². The first-order valence-corrected chi connectivity index (χ1v) is 9.52. The normalized spacial score (nSPS) is 16.1. The predicted octanol–water partition coefficient (Wildman–Crippen LogP) is 2.80. The zero-order valence-electron chi connectivity index (χ0n) is 17.1. The molecule has 0 saturated carbocycles. The molecule has 0 bridgehead atoms. The third-order valence-corrected chi connectivity index (χ3v) is 4.18. The number of hydrazine groups is 1.